The number of hydrogen-bond acceptors (Lipinski definition) is 9. The Labute approximate surface area is 201 Å². The van der Waals surface area contributed by atoms with Gasteiger partial charge in [0.2, 0.25) is 5.82 Å². The molecule has 0 saturated carbocycles. The SMILES string of the molecule is COc1cc(CNC(=O)c2nc3scc(COCC4COC(C(=O)O)CO4)c3c(=O)[nH]2)ccc1F. The fourth-order valence-corrected chi connectivity index (χ4v) is 4.31. The zero-order valence-electron chi connectivity index (χ0n) is 18.5. The minimum atomic E-state index is -1.08. The number of aromatic nitrogens is 2. The average molecular weight is 507 g/mol. The van der Waals surface area contributed by atoms with Crippen LogP contribution < -0.4 is 15.6 Å². The van der Waals surface area contributed by atoms with Crippen LogP contribution in [-0.4, -0.2) is 66.1 Å². The van der Waals surface area contributed by atoms with Crippen LogP contribution in [0.5, 0.6) is 5.75 Å². The lowest BCUT2D eigenvalue weighted by atomic mass is 10.2. The maximum Gasteiger partial charge on any atom is 0.335 e. The maximum atomic E-state index is 13.5. The molecule has 13 heteroatoms. The number of thiophene rings is 1. The Morgan fingerprint density at radius 1 is 1.34 bits per heavy atom. The number of ether oxygens (including phenoxy) is 4. The standard InChI is InChI=1S/C22H22FN3O8S/c1-31-15-4-11(2-3-14(15)23)5-24-20(28)18-25-19(27)17-12(10-35-21(17)26-18)6-32-7-13-8-34-16(9-33-13)22(29)30/h2-4,10,13,16H,5-9H2,1H3,(H,24,28)(H,29,30)(H,25,26,27). The summed E-state index contributed by atoms with van der Waals surface area (Å²) in [4.78, 5) is 43.2. The number of benzene rings is 1. The Bertz CT molecular complexity index is 1290. The molecular formula is C22H22FN3O8S. The highest BCUT2D eigenvalue weighted by molar-refractivity contribution is 7.16. The lowest BCUT2D eigenvalue weighted by Gasteiger charge is -2.27. The number of H-pyrrole nitrogens is 1. The molecule has 2 unspecified atom stereocenters. The quantitative estimate of drug-likeness (QED) is 0.391. The molecule has 3 aromatic rings. The topological polar surface area (TPSA) is 149 Å². The van der Waals surface area contributed by atoms with Crippen LogP contribution in [0.2, 0.25) is 0 Å². The van der Waals surface area contributed by atoms with Crippen molar-refractivity contribution in [1.29, 1.82) is 0 Å². The van der Waals surface area contributed by atoms with Gasteiger partial charge in [-0.3, -0.25) is 9.59 Å². The molecule has 186 valence electrons. The maximum absolute atomic E-state index is 13.5. The van der Waals surface area contributed by atoms with Crippen molar-refractivity contribution in [2.24, 2.45) is 0 Å². The Morgan fingerprint density at radius 2 is 2.17 bits per heavy atom. The van der Waals surface area contributed by atoms with E-state index in [1.807, 2.05) is 0 Å². The summed E-state index contributed by atoms with van der Waals surface area (Å²) in [6.07, 6.45) is -1.40. The van der Waals surface area contributed by atoms with E-state index in [2.05, 4.69) is 15.3 Å². The fourth-order valence-electron chi connectivity index (χ4n) is 3.38. The van der Waals surface area contributed by atoms with Crippen molar-refractivity contribution in [2.45, 2.75) is 25.4 Å². The molecule has 3 N–H and O–H groups in total. The number of aliphatic carboxylic acids is 1. The van der Waals surface area contributed by atoms with E-state index in [9.17, 15) is 18.8 Å². The summed E-state index contributed by atoms with van der Waals surface area (Å²) in [7, 11) is 1.35. The van der Waals surface area contributed by atoms with Crippen LogP contribution in [0.25, 0.3) is 10.2 Å². The number of halogens is 1. The molecule has 1 aromatic carbocycles. The minimum Gasteiger partial charge on any atom is -0.494 e. The molecule has 2 aromatic heterocycles. The highest BCUT2D eigenvalue weighted by Gasteiger charge is 2.27. The molecule has 3 heterocycles. The van der Waals surface area contributed by atoms with Gasteiger partial charge in [0.25, 0.3) is 11.5 Å². The molecule has 1 saturated heterocycles. The second kappa shape index (κ2) is 10.9. The van der Waals surface area contributed by atoms with Crippen molar-refractivity contribution < 1.29 is 38.0 Å². The first-order valence-corrected chi connectivity index (χ1v) is 11.4. The molecule has 0 aliphatic carbocycles. The van der Waals surface area contributed by atoms with Crippen molar-refractivity contribution in [3.8, 4) is 5.75 Å². The van der Waals surface area contributed by atoms with Gasteiger partial charge in [-0.05, 0) is 23.1 Å². The second-order valence-corrected chi connectivity index (χ2v) is 8.50. The molecule has 1 aliphatic rings. The van der Waals surface area contributed by atoms with E-state index in [-0.39, 0.29) is 44.5 Å². The van der Waals surface area contributed by atoms with Gasteiger partial charge in [-0.2, -0.15) is 0 Å². The van der Waals surface area contributed by atoms with Gasteiger partial charge in [0.05, 0.1) is 38.9 Å². The number of nitrogens with zero attached hydrogens (tertiary/aromatic N) is 1. The lowest BCUT2D eigenvalue weighted by Crippen LogP contribution is -2.42. The highest BCUT2D eigenvalue weighted by atomic mass is 32.1. The van der Waals surface area contributed by atoms with Crippen molar-refractivity contribution >= 4 is 33.4 Å². The predicted octanol–water partition coefficient (Wildman–Crippen LogP) is 1.45. The van der Waals surface area contributed by atoms with Crippen LogP contribution in [0.3, 0.4) is 0 Å². The highest BCUT2D eigenvalue weighted by Crippen LogP contribution is 2.22. The largest absolute Gasteiger partial charge is 0.494 e. The number of carboxylic acid groups (broad SMARTS) is 1. The first kappa shape index (κ1) is 24.7. The molecular weight excluding hydrogens is 485 g/mol. The number of rotatable bonds is 9. The van der Waals surface area contributed by atoms with Gasteiger partial charge in [0, 0.05) is 12.1 Å². The summed E-state index contributed by atoms with van der Waals surface area (Å²) in [5.41, 5.74) is 0.732. The Morgan fingerprint density at radius 3 is 2.89 bits per heavy atom. The predicted molar refractivity (Wildman–Crippen MR) is 121 cm³/mol. The zero-order valence-corrected chi connectivity index (χ0v) is 19.4. The number of aromatic amines is 1. The van der Waals surface area contributed by atoms with Crippen LogP contribution >= 0.6 is 11.3 Å². The van der Waals surface area contributed by atoms with Gasteiger partial charge in [0.15, 0.2) is 17.7 Å². The number of carbonyl (C=O) groups is 2. The third kappa shape index (κ3) is 5.82. The Kier molecular flexibility index (Phi) is 7.70. The normalized spacial score (nSPS) is 17.9. The van der Waals surface area contributed by atoms with E-state index in [1.54, 1.807) is 5.38 Å². The smallest absolute Gasteiger partial charge is 0.335 e. The minimum absolute atomic E-state index is 0.0602. The van der Waals surface area contributed by atoms with E-state index in [0.717, 1.165) is 0 Å². The second-order valence-electron chi connectivity index (χ2n) is 7.64. The molecule has 1 amide bonds. The van der Waals surface area contributed by atoms with Gasteiger partial charge in [-0.15, -0.1) is 11.3 Å². The molecule has 2 atom stereocenters. The molecule has 0 spiro atoms. The first-order valence-electron chi connectivity index (χ1n) is 10.5. The van der Waals surface area contributed by atoms with Gasteiger partial charge >= 0.3 is 5.97 Å². The number of fused-ring (bicyclic) bond motifs is 1. The number of carboxylic acids is 1. The van der Waals surface area contributed by atoms with E-state index in [0.29, 0.717) is 21.3 Å². The van der Waals surface area contributed by atoms with Gasteiger partial charge < -0.3 is 34.4 Å². The van der Waals surface area contributed by atoms with Gasteiger partial charge in [-0.25, -0.2) is 14.2 Å². The zero-order chi connectivity index (χ0) is 24.9. The first-order chi connectivity index (χ1) is 16.9. The van der Waals surface area contributed by atoms with E-state index >= 15 is 0 Å². The third-order valence-electron chi connectivity index (χ3n) is 5.21. The van der Waals surface area contributed by atoms with Crippen molar-refractivity contribution in [3.63, 3.8) is 0 Å². The molecule has 0 radical (unpaired) electrons. The van der Waals surface area contributed by atoms with E-state index in [4.69, 9.17) is 24.1 Å². The van der Waals surface area contributed by atoms with Gasteiger partial charge in [0.1, 0.15) is 10.9 Å². The summed E-state index contributed by atoms with van der Waals surface area (Å²) in [6, 6.07) is 4.22. The lowest BCUT2D eigenvalue weighted by molar-refractivity contribution is -0.181. The van der Waals surface area contributed by atoms with Crippen molar-refractivity contribution in [1.82, 2.24) is 15.3 Å². The summed E-state index contributed by atoms with van der Waals surface area (Å²) in [6.45, 7) is 0.371. The summed E-state index contributed by atoms with van der Waals surface area (Å²) in [5, 5.41) is 13.6. The monoisotopic (exact) mass is 507 g/mol. The van der Waals surface area contributed by atoms with Crippen LogP contribution in [0.1, 0.15) is 21.7 Å². The molecule has 1 fully saturated rings. The number of methoxy groups -OCH3 is 1. The van der Waals surface area contributed by atoms with Crippen LogP contribution in [-0.2, 0) is 32.2 Å². The third-order valence-corrected chi connectivity index (χ3v) is 6.13. The number of nitrogens with one attached hydrogen (secondary N) is 2. The number of hydrogen-bond donors (Lipinski definition) is 3. The Hall–Kier alpha value is -3.39. The van der Waals surface area contributed by atoms with Gasteiger partial charge in [-0.1, -0.05) is 6.07 Å². The molecule has 4 rings (SSSR count). The van der Waals surface area contributed by atoms with Crippen molar-refractivity contribution in [3.05, 3.63) is 56.7 Å². The number of carbonyl (C=O) groups excluding carboxylic acids is 1. The molecule has 1 aliphatic heterocycles. The van der Waals surface area contributed by atoms with Crippen LogP contribution in [0.15, 0.2) is 28.4 Å². The Balaban J connectivity index is 1.35. The summed E-state index contributed by atoms with van der Waals surface area (Å²) in [5.74, 6) is -2.27. The van der Waals surface area contributed by atoms with Crippen molar-refractivity contribution in [2.75, 3.05) is 26.9 Å². The number of amides is 1. The molecule has 35 heavy (non-hydrogen) atoms. The van der Waals surface area contributed by atoms with E-state index < -0.39 is 35.5 Å². The summed E-state index contributed by atoms with van der Waals surface area (Å²) < 4.78 is 34.7. The average Bonchev–Trinajstić information content (AvgIpc) is 3.27. The molecule has 11 nitrogen and oxygen atoms in total. The molecule has 0 bridgehead atoms. The summed E-state index contributed by atoms with van der Waals surface area (Å²) >= 11 is 1.20. The van der Waals surface area contributed by atoms with Crippen LogP contribution in [0, 0.1) is 5.82 Å². The van der Waals surface area contributed by atoms with E-state index in [1.165, 1.54) is 36.6 Å². The van der Waals surface area contributed by atoms with Crippen LogP contribution in [0.4, 0.5) is 4.39 Å². The fraction of sp³-hybridized carbons (Fsp3) is 0.364.